The number of benzene rings is 1. The number of ether oxygens (including phenoxy) is 2. The maximum atomic E-state index is 12.1. The highest BCUT2D eigenvalue weighted by Gasteiger charge is 2.13. The van der Waals surface area contributed by atoms with Crippen molar-refractivity contribution in [2.45, 2.75) is 26.7 Å². The molecule has 0 bridgehead atoms. The minimum absolute atomic E-state index is 0.235. The molecule has 1 amide bonds. The lowest BCUT2D eigenvalue weighted by molar-refractivity contribution is 0.0995. The molecule has 0 radical (unpaired) electrons. The Morgan fingerprint density at radius 1 is 1.09 bits per heavy atom. The van der Waals surface area contributed by atoms with Crippen molar-refractivity contribution in [3.05, 3.63) is 40.8 Å². The van der Waals surface area contributed by atoms with Crippen molar-refractivity contribution in [3.8, 4) is 11.5 Å². The van der Waals surface area contributed by atoms with Crippen LogP contribution in [0.5, 0.6) is 11.5 Å². The molecule has 0 saturated carbocycles. The second kappa shape index (κ2) is 8.62. The molecule has 5 nitrogen and oxygen atoms in total. The predicted octanol–water partition coefficient (Wildman–Crippen LogP) is 4.87. The first kappa shape index (κ1) is 17.4. The number of nitrogens with one attached hydrogen (secondary N) is 1. The lowest BCUT2D eigenvalue weighted by Gasteiger charge is -2.13. The third-order valence-corrected chi connectivity index (χ3v) is 3.35. The summed E-state index contributed by atoms with van der Waals surface area (Å²) in [7, 11) is 0. The number of anilines is 1. The van der Waals surface area contributed by atoms with Crippen LogP contribution in [0.1, 0.15) is 37.2 Å². The van der Waals surface area contributed by atoms with Crippen LogP contribution < -0.4 is 14.8 Å². The van der Waals surface area contributed by atoms with E-state index in [4.69, 9.17) is 13.9 Å². The summed E-state index contributed by atoms with van der Waals surface area (Å²) in [6.07, 6.45) is 1.81. The molecule has 23 heavy (non-hydrogen) atoms. The number of halogens is 1. The van der Waals surface area contributed by atoms with Gasteiger partial charge in [-0.1, -0.05) is 13.8 Å². The van der Waals surface area contributed by atoms with Crippen molar-refractivity contribution in [2.24, 2.45) is 0 Å². The Balaban J connectivity index is 2.13. The van der Waals surface area contributed by atoms with Gasteiger partial charge in [-0.15, -0.1) is 0 Å². The summed E-state index contributed by atoms with van der Waals surface area (Å²) in [4.78, 5) is 12.1. The van der Waals surface area contributed by atoms with E-state index in [9.17, 15) is 4.79 Å². The Hall–Kier alpha value is -1.95. The van der Waals surface area contributed by atoms with E-state index in [2.05, 4.69) is 21.2 Å². The molecule has 0 spiro atoms. The smallest absolute Gasteiger partial charge is 0.291 e. The highest BCUT2D eigenvalue weighted by molar-refractivity contribution is 9.10. The quantitative estimate of drug-likeness (QED) is 0.708. The first-order valence-corrected chi connectivity index (χ1v) is 8.39. The number of amides is 1. The van der Waals surface area contributed by atoms with Gasteiger partial charge in [0.2, 0.25) is 0 Å². The Morgan fingerprint density at radius 3 is 2.39 bits per heavy atom. The van der Waals surface area contributed by atoms with E-state index in [1.165, 1.54) is 0 Å². The normalized spacial score (nSPS) is 10.4. The van der Waals surface area contributed by atoms with E-state index in [0.29, 0.717) is 35.1 Å². The van der Waals surface area contributed by atoms with Crippen LogP contribution in [0.15, 0.2) is 39.4 Å². The summed E-state index contributed by atoms with van der Waals surface area (Å²) >= 11 is 3.18. The van der Waals surface area contributed by atoms with Crippen molar-refractivity contribution in [1.29, 1.82) is 0 Å². The molecule has 0 atom stereocenters. The van der Waals surface area contributed by atoms with Gasteiger partial charge in [0, 0.05) is 11.8 Å². The van der Waals surface area contributed by atoms with Crippen LogP contribution in [0.25, 0.3) is 0 Å². The molecule has 0 aliphatic heterocycles. The number of carbonyl (C=O) groups is 1. The van der Waals surface area contributed by atoms with Crippen molar-refractivity contribution in [2.75, 3.05) is 18.5 Å². The second-order valence-corrected chi connectivity index (χ2v) is 5.70. The minimum Gasteiger partial charge on any atom is -0.490 e. The maximum Gasteiger partial charge on any atom is 0.291 e. The predicted molar refractivity (Wildman–Crippen MR) is 92.4 cm³/mol. The van der Waals surface area contributed by atoms with Gasteiger partial charge < -0.3 is 19.2 Å². The van der Waals surface area contributed by atoms with Gasteiger partial charge in [0.25, 0.3) is 5.91 Å². The maximum absolute atomic E-state index is 12.1. The molecule has 0 unspecified atom stereocenters. The fourth-order valence-corrected chi connectivity index (χ4v) is 2.18. The summed E-state index contributed by atoms with van der Waals surface area (Å²) in [6.45, 7) is 5.29. The fourth-order valence-electron chi connectivity index (χ4n) is 1.87. The Labute approximate surface area is 144 Å². The summed E-state index contributed by atoms with van der Waals surface area (Å²) in [5.41, 5.74) is 0.623. The van der Waals surface area contributed by atoms with Crippen molar-refractivity contribution in [3.63, 3.8) is 0 Å². The molecule has 1 aromatic carbocycles. The van der Waals surface area contributed by atoms with Crippen LogP contribution in [0.3, 0.4) is 0 Å². The van der Waals surface area contributed by atoms with Gasteiger partial charge in [-0.25, -0.2) is 0 Å². The fraction of sp³-hybridized carbons (Fsp3) is 0.353. The summed E-state index contributed by atoms with van der Waals surface area (Å²) < 4.78 is 17.1. The standard InChI is InChI=1S/C17H20BrNO4/c1-3-9-21-13-6-5-12(11-15(13)22-10-4-2)19-17(20)14-7-8-16(18)23-14/h5-8,11H,3-4,9-10H2,1-2H3,(H,19,20). The van der Waals surface area contributed by atoms with E-state index >= 15 is 0 Å². The summed E-state index contributed by atoms with van der Waals surface area (Å²) in [6, 6.07) is 8.61. The molecule has 0 aliphatic carbocycles. The third kappa shape index (κ3) is 5.03. The van der Waals surface area contributed by atoms with Crippen molar-refractivity contribution >= 4 is 27.5 Å². The lowest BCUT2D eigenvalue weighted by atomic mass is 10.2. The van der Waals surface area contributed by atoms with E-state index in [1.807, 2.05) is 13.8 Å². The minimum atomic E-state index is -0.320. The van der Waals surface area contributed by atoms with Crippen LogP contribution in [0.2, 0.25) is 0 Å². The zero-order valence-corrected chi connectivity index (χ0v) is 14.8. The van der Waals surface area contributed by atoms with Crippen LogP contribution in [-0.2, 0) is 0 Å². The molecule has 6 heteroatoms. The topological polar surface area (TPSA) is 60.7 Å². The zero-order chi connectivity index (χ0) is 16.7. The van der Waals surface area contributed by atoms with Crippen LogP contribution in [0, 0.1) is 0 Å². The molecule has 0 saturated heterocycles. The van der Waals surface area contributed by atoms with Gasteiger partial charge in [-0.3, -0.25) is 4.79 Å². The molecule has 2 aromatic rings. The van der Waals surface area contributed by atoms with Crippen molar-refractivity contribution in [1.82, 2.24) is 0 Å². The first-order chi connectivity index (χ1) is 11.1. The van der Waals surface area contributed by atoms with E-state index in [1.54, 1.807) is 30.3 Å². The highest BCUT2D eigenvalue weighted by atomic mass is 79.9. The first-order valence-electron chi connectivity index (χ1n) is 7.60. The van der Waals surface area contributed by atoms with Crippen molar-refractivity contribution < 1.29 is 18.7 Å². The largest absolute Gasteiger partial charge is 0.490 e. The molecule has 2 rings (SSSR count). The number of furan rings is 1. The average molecular weight is 382 g/mol. The average Bonchev–Trinajstić information content (AvgIpc) is 2.98. The van der Waals surface area contributed by atoms with E-state index < -0.39 is 0 Å². The number of carbonyl (C=O) groups excluding carboxylic acids is 1. The summed E-state index contributed by atoms with van der Waals surface area (Å²) in [5.74, 6) is 1.22. The second-order valence-electron chi connectivity index (χ2n) is 4.92. The highest BCUT2D eigenvalue weighted by Crippen LogP contribution is 2.31. The van der Waals surface area contributed by atoms with E-state index in [0.717, 1.165) is 12.8 Å². The van der Waals surface area contributed by atoms with Crippen LogP contribution in [-0.4, -0.2) is 19.1 Å². The van der Waals surface area contributed by atoms with Gasteiger partial charge >= 0.3 is 0 Å². The summed E-state index contributed by atoms with van der Waals surface area (Å²) in [5, 5.41) is 2.78. The third-order valence-electron chi connectivity index (χ3n) is 2.92. The zero-order valence-electron chi connectivity index (χ0n) is 13.2. The Kier molecular flexibility index (Phi) is 6.52. The molecular formula is C17H20BrNO4. The van der Waals surface area contributed by atoms with Gasteiger partial charge in [0.1, 0.15) is 0 Å². The van der Waals surface area contributed by atoms with Gasteiger partial charge in [0.15, 0.2) is 21.9 Å². The van der Waals surface area contributed by atoms with Gasteiger partial charge in [-0.2, -0.15) is 0 Å². The Bertz CT molecular complexity index is 654. The lowest BCUT2D eigenvalue weighted by Crippen LogP contribution is -2.11. The van der Waals surface area contributed by atoms with Gasteiger partial charge in [0.05, 0.1) is 13.2 Å². The van der Waals surface area contributed by atoms with Crippen LogP contribution in [0.4, 0.5) is 5.69 Å². The molecule has 0 aliphatic rings. The molecule has 1 heterocycles. The Morgan fingerprint density at radius 2 is 1.78 bits per heavy atom. The number of hydrogen-bond acceptors (Lipinski definition) is 4. The molecule has 0 fully saturated rings. The molecular weight excluding hydrogens is 362 g/mol. The monoisotopic (exact) mass is 381 g/mol. The molecule has 124 valence electrons. The number of rotatable bonds is 8. The molecule has 1 N–H and O–H groups in total. The SMILES string of the molecule is CCCOc1ccc(NC(=O)c2ccc(Br)o2)cc1OCCC. The van der Waals surface area contributed by atoms with E-state index in [-0.39, 0.29) is 11.7 Å². The molecule has 1 aromatic heterocycles. The van der Waals surface area contributed by atoms with Crippen LogP contribution >= 0.6 is 15.9 Å². The van der Waals surface area contributed by atoms with Gasteiger partial charge in [-0.05, 0) is 53.0 Å². The number of hydrogen-bond donors (Lipinski definition) is 1.